The highest BCUT2D eigenvalue weighted by atomic mass is 16.6. The molecular formula is C10H18O6. The number of hydrogen-bond acceptors (Lipinski definition) is 6. The van der Waals surface area contributed by atoms with Crippen LogP contribution in [0.2, 0.25) is 0 Å². The number of carbonyl (C=O) groups excluding carboxylic acids is 1. The minimum atomic E-state index is -0.761. The van der Waals surface area contributed by atoms with E-state index in [1.54, 1.807) is 0 Å². The van der Waals surface area contributed by atoms with Crippen LogP contribution in [0.1, 0.15) is 0 Å². The molecule has 6 nitrogen and oxygen atoms in total. The molecule has 1 fully saturated rings. The van der Waals surface area contributed by atoms with Gasteiger partial charge in [-0.05, 0) is 0 Å². The fraction of sp³-hybridized carbons (Fsp3) is 0.900. The van der Waals surface area contributed by atoms with Crippen LogP contribution in [-0.2, 0) is 28.5 Å². The summed E-state index contributed by atoms with van der Waals surface area (Å²) in [4.78, 5) is 11.6. The summed E-state index contributed by atoms with van der Waals surface area (Å²) in [6.07, 6.45) is -2.12. The number of carbonyl (C=O) groups is 1. The summed E-state index contributed by atoms with van der Waals surface area (Å²) in [5, 5.41) is 0. The van der Waals surface area contributed by atoms with E-state index in [2.05, 4.69) is 0 Å². The molecule has 0 aromatic rings. The molecule has 16 heavy (non-hydrogen) atoms. The fourth-order valence-electron chi connectivity index (χ4n) is 1.87. The summed E-state index contributed by atoms with van der Waals surface area (Å²) >= 11 is 0. The second kappa shape index (κ2) is 6.15. The topological polar surface area (TPSA) is 63.2 Å². The molecule has 1 rings (SSSR count). The Kier molecular flexibility index (Phi) is 5.14. The maximum absolute atomic E-state index is 11.6. The van der Waals surface area contributed by atoms with Crippen LogP contribution in [0.15, 0.2) is 0 Å². The van der Waals surface area contributed by atoms with Gasteiger partial charge in [-0.25, -0.2) is 4.79 Å². The van der Waals surface area contributed by atoms with Crippen LogP contribution in [0, 0.1) is 0 Å². The maximum Gasteiger partial charge on any atom is 0.338 e. The zero-order valence-electron chi connectivity index (χ0n) is 9.97. The van der Waals surface area contributed by atoms with E-state index in [0.717, 1.165) is 0 Å². The van der Waals surface area contributed by atoms with Crippen molar-refractivity contribution in [2.75, 3.05) is 35.0 Å². The van der Waals surface area contributed by atoms with Crippen molar-refractivity contribution in [1.82, 2.24) is 0 Å². The zero-order chi connectivity index (χ0) is 12.1. The molecule has 94 valence electrons. The van der Waals surface area contributed by atoms with Crippen LogP contribution in [0.3, 0.4) is 0 Å². The van der Waals surface area contributed by atoms with E-state index < -0.39 is 30.4 Å². The Bertz CT molecular complexity index is 231. The third-order valence-corrected chi connectivity index (χ3v) is 2.62. The number of ether oxygens (including phenoxy) is 5. The Morgan fingerprint density at radius 3 is 2.12 bits per heavy atom. The lowest BCUT2D eigenvalue weighted by atomic mass is 9.99. The number of hydrogen-bond donors (Lipinski definition) is 0. The van der Waals surface area contributed by atoms with E-state index in [4.69, 9.17) is 23.7 Å². The molecule has 1 heterocycles. The van der Waals surface area contributed by atoms with Crippen LogP contribution in [0.4, 0.5) is 0 Å². The van der Waals surface area contributed by atoms with Crippen LogP contribution in [0.5, 0.6) is 0 Å². The van der Waals surface area contributed by atoms with Crippen molar-refractivity contribution >= 4 is 5.97 Å². The van der Waals surface area contributed by atoms with Gasteiger partial charge >= 0.3 is 5.97 Å². The third-order valence-electron chi connectivity index (χ3n) is 2.62. The largest absolute Gasteiger partial charge is 0.455 e. The lowest BCUT2D eigenvalue weighted by Crippen LogP contribution is -2.58. The van der Waals surface area contributed by atoms with E-state index in [-0.39, 0.29) is 6.61 Å². The van der Waals surface area contributed by atoms with E-state index in [9.17, 15) is 4.79 Å². The minimum absolute atomic E-state index is 0.264. The van der Waals surface area contributed by atoms with E-state index >= 15 is 0 Å². The van der Waals surface area contributed by atoms with Gasteiger partial charge in [-0.3, -0.25) is 0 Å². The molecule has 0 bridgehead atoms. The van der Waals surface area contributed by atoms with Crippen molar-refractivity contribution < 1.29 is 28.5 Å². The highest BCUT2D eigenvalue weighted by Crippen LogP contribution is 2.23. The van der Waals surface area contributed by atoms with Crippen molar-refractivity contribution in [3.05, 3.63) is 0 Å². The lowest BCUT2D eigenvalue weighted by Gasteiger charge is -2.39. The molecule has 6 heteroatoms. The Balaban J connectivity index is 2.83. The van der Waals surface area contributed by atoms with Gasteiger partial charge in [0.25, 0.3) is 0 Å². The van der Waals surface area contributed by atoms with Gasteiger partial charge in [0.05, 0.1) is 6.61 Å². The van der Waals surface area contributed by atoms with Gasteiger partial charge in [-0.15, -0.1) is 0 Å². The van der Waals surface area contributed by atoms with Gasteiger partial charge in [0.15, 0.2) is 12.2 Å². The first-order chi connectivity index (χ1) is 7.69. The summed E-state index contributed by atoms with van der Waals surface area (Å²) in [5.74, 6) is -0.454. The highest BCUT2D eigenvalue weighted by molar-refractivity contribution is 5.76. The van der Waals surface area contributed by atoms with Crippen LogP contribution >= 0.6 is 0 Å². The standard InChI is InChI=1S/C10H18O6/c1-12-5-6-7(13-2)8(14-3)9(15-4)10(11)16-6/h6-9H,5H2,1-4H3/t6-,7-,8+,9+/m1/s1. The first kappa shape index (κ1) is 13.4. The molecule has 0 N–H and O–H groups in total. The monoisotopic (exact) mass is 234 g/mol. The second-order valence-corrected chi connectivity index (χ2v) is 3.49. The van der Waals surface area contributed by atoms with Gasteiger partial charge < -0.3 is 23.7 Å². The summed E-state index contributed by atoms with van der Waals surface area (Å²) in [6, 6.07) is 0. The van der Waals surface area contributed by atoms with Crippen LogP contribution in [-0.4, -0.2) is 65.4 Å². The summed E-state index contributed by atoms with van der Waals surface area (Å²) in [6.45, 7) is 0.264. The van der Waals surface area contributed by atoms with Gasteiger partial charge in [-0.2, -0.15) is 0 Å². The molecule has 0 radical (unpaired) electrons. The van der Waals surface area contributed by atoms with Gasteiger partial charge in [0.1, 0.15) is 12.2 Å². The van der Waals surface area contributed by atoms with E-state index in [1.807, 2.05) is 0 Å². The zero-order valence-corrected chi connectivity index (χ0v) is 9.97. The molecule has 0 aromatic heterocycles. The molecule has 0 amide bonds. The van der Waals surface area contributed by atoms with Crippen molar-refractivity contribution in [3.8, 4) is 0 Å². The quantitative estimate of drug-likeness (QED) is 0.603. The molecule has 4 atom stereocenters. The molecule has 0 saturated carbocycles. The van der Waals surface area contributed by atoms with Gasteiger partial charge in [0, 0.05) is 28.4 Å². The summed E-state index contributed by atoms with van der Waals surface area (Å²) < 4.78 is 25.7. The van der Waals surface area contributed by atoms with Gasteiger partial charge in [-0.1, -0.05) is 0 Å². The Morgan fingerprint density at radius 1 is 1.06 bits per heavy atom. The molecular weight excluding hydrogens is 216 g/mol. The van der Waals surface area contributed by atoms with Crippen molar-refractivity contribution in [1.29, 1.82) is 0 Å². The molecule has 0 aliphatic carbocycles. The minimum Gasteiger partial charge on any atom is -0.455 e. The molecule has 0 spiro atoms. The van der Waals surface area contributed by atoms with Crippen molar-refractivity contribution in [3.63, 3.8) is 0 Å². The molecule has 0 unspecified atom stereocenters. The maximum atomic E-state index is 11.6. The number of esters is 1. The average molecular weight is 234 g/mol. The lowest BCUT2D eigenvalue weighted by molar-refractivity contribution is -0.220. The Hall–Kier alpha value is -0.690. The Labute approximate surface area is 94.7 Å². The first-order valence-corrected chi connectivity index (χ1v) is 4.97. The number of rotatable bonds is 5. The number of cyclic esters (lactones) is 1. The molecule has 1 aliphatic heterocycles. The Morgan fingerprint density at radius 2 is 1.69 bits per heavy atom. The first-order valence-electron chi connectivity index (χ1n) is 4.97. The highest BCUT2D eigenvalue weighted by Gasteiger charge is 2.47. The van der Waals surface area contributed by atoms with E-state index in [0.29, 0.717) is 0 Å². The van der Waals surface area contributed by atoms with Crippen molar-refractivity contribution in [2.24, 2.45) is 0 Å². The van der Waals surface area contributed by atoms with Gasteiger partial charge in [0.2, 0.25) is 0 Å². The smallest absolute Gasteiger partial charge is 0.338 e. The predicted octanol–water partition coefficient (Wildman–Crippen LogP) is -0.397. The summed E-state index contributed by atoms with van der Waals surface area (Å²) in [5.41, 5.74) is 0. The third kappa shape index (κ3) is 2.52. The SMILES string of the molecule is COC[C@H]1OC(=O)[C@@H](OC)[C@@H](OC)[C@@H]1OC. The molecule has 1 saturated heterocycles. The normalized spacial score (nSPS) is 34.9. The van der Waals surface area contributed by atoms with Crippen LogP contribution in [0.25, 0.3) is 0 Å². The molecule has 1 aliphatic rings. The number of methoxy groups -OCH3 is 4. The summed E-state index contributed by atoms with van der Waals surface area (Å²) in [7, 11) is 6.00. The average Bonchev–Trinajstić information content (AvgIpc) is 2.28. The fourth-order valence-corrected chi connectivity index (χ4v) is 1.87. The van der Waals surface area contributed by atoms with Crippen LogP contribution < -0.4 is 0 Å². The van der Waals surface area contributed by atoms with E-state index in [1.165, 1.54) is 28.4 Å². The molecule has 0 aromatic carbocycles. The van der Waals surface area contributed by atoms with Crippen molar-refractivity contribution in [2.45, 2.75) is 24.4 Å². The predicted molar refractivity (Wildman–Crippen MR) is 54.1 cm³/mol. The second-order valence-electron chi connectivity index (χ2n) is 3.49.